The topological polar surface area (TPSA) is 66.9 Å². The molecule has 1 unspecified atom stereocenters. The quantitative estimate of drug-likeness (QED) is 0.742. The van der Waals surface area contributed by atoms with E-state index in [0.717, 1.165) is 16.0 Å². The van der Waals surface area contributed by atoms with Crippen molar-refractivity contribution in [2.45, 2.75) is 42.2 Å². The molecule has 2 aromatic carbocycles. The molecular weight excluding hydrogens is 408 g/mol. The van der Waals surface area contributed by atoms with E-state index in [1.807, 2.05) is 54.6 Å². The fraction of sp³-hybridized carbons (Fsp3) is 0.429. The van der Waals surface area contributed by atoms with Crippen molar-refractivity contribution in [2.75, 3.05) is 26.2 Å². The molecule has 0 bridgehead atoms. The third kappa shape index (κ3) is 3.92. The Morgan fingerprint density at radius 1 is 0.897 bits per heavy atom. The Bertz CT molecular complexity index is 996. The normalized spacial score (nSPS) is 21.4. The number of hydrogen-bond acceptors (Lipinski definition) is 4. The number of rotatable bonds is 4. The lowest BCUT2D eigenvalue weighted by atomic mass is 10.0. The molecular formula is C21H26N2O4S2. The Balaban J connectivity index is 1.51. The van der Waals surface area contributed by atoms with Crippen LogP contribution in [0.1, 0.15) is 24.0 Å². The summed E-state index contributed by atoms with van der Waals surface area (Å²) in [6.07, 6.45) is 0.991. The highest BCUT2D eigenvalue weighted by Crippen LogP contribution is 2.39. The van der Waals surface area contributed by atoms with Crippen molar-refractivity contribution >= 4 is 21.0 Å². The Morgan fingerprint density at radius 2 is 1.45 bits per heavy atom. The molecule has 2 heterocycles. The minimum atomic E-state index is -3.64. The van der Waals surface area contributed by atoms with Crippen molar-refractivity contribution in [3.63, 3.8) is 0 Å². The molecule has 6 nitrogen and oxygen atoms in total. The van der Waals surface area contributed by atoms with Gasteiger partial charge in [0.05, 0.1) is 16.4 Å². The van der Waals surface area contributed by atoms with Crippen molar-refractivity contribution in [3.05, 3.63) is 59.7 Å². The zero-order valence-corrected chi connectivity index (χ0v) is 18.3. The van der Waals surface area contributed by atoms with Crippen LogP contribution in [0.3, 0.4) is 0 Å². The van der Waals surface area contributed by atoms with Gasteiger partial charge in [-0.1, -0.05) is 35.4 Å². The minimum absolute atomic E-state index is 0.290. The maximum atomic E-state index is 13.3. The van der Waals surface area contributed by atoms with Crippen LogP contribution in [-0.2, 0) is 25.7 Å². The van der Waals surface area contributed by atoms with E-state index in [2.05, 4.69) is 0 Å². The van der Waals surface area contributed by atoms with Crippen molar-refractivity contribution in [1.82, 2.24) is 8.61 Å². The monoisotopic (exact) mass is 434 g/mol. The van der Waals surface area contributed by atoms with Gasteiger partial charge in [0, 0.05) is 32.5 Å². The average Bonchev–Trinajstić information content (AvgIpc) is 3.13. The first-order chi connectivity index (χ1) is 13.8. The van der Waals surface area contributed by atoms with E-state index in [4.69, 9.17) is 4.74 Å². The lowest BCUT2D eigenvalue weighted by molar-refractivity contribution is -0.0802. The van der Waals surface area contributed by atoms with Crippen molar-refractivity contribution < 1.29 is 17.4 Å². The van der Waals surface area contributed by atoms with Crippen LogP contribution < -0.4 is 0 Å². The van der Waals surface area contributed by atoms with E-state index in [1.165, 1.54) is 4.31 Å². The smallest absolute Gasteiger partial charge is 0.245 e. The van der Waals surface area contributed by atoms with Crippen molar-refractivity contribution in [1.29, 1.82) is 0 Å². The van der Waals surface area contributed by atoms with Crippen LogP contribution in [0.15, 0.2) is 58.3 Å². The summed E-state index contributed by atoms with van der Waals surface area (Å²) in [6, 6.07) is 14.6. The fourth-order valence-corrected chi connectivity index (χ4v) is 6.87. The Hall–Kier alpha value is -1.58. The molecule has 2 aromatic rings. The van der Waals surface area contributed by atoms with Gasteiger partial charge in [-0.15, -0.1) is 0 Å². The van der Waals surface area contributed by atoms with Gasteiger partial charge in [0.2, 0.25) is 10.0 Å². The maximum Gasteiger partial charge on any atom is 0.245 e. The van der Waals surface area contributed by atoms with E-state index < -0.39 is 26.7 Å². The molecule has 0 N–H and O–H groups in total. The molecule has 8 heteroatoms. The predicted octanol–water partition coefficient (Wildman–Crippen LogP) is 2.84. The van der Waals surface area contributed by atoms with Crippen LogP contribution in [0.5, 0.6) is 0 Å². The van der Waals surface area contributed by atoms with Crippen LogP contribution in [0.4, 0.5) is 0 Å². The van der Waals surface area contributed by atoms with E-state index >= 15 is 0 Å². The number of piperidine rings is 1. The van der Waals surface area contributed by atoms with Crippen LogP contribution in [0, 0.1) is 13.8 Å². The fourth-order valence-electron chi connectivity index (χ4n) is 3.97. The predicted molar refractivity (Wildman–Crippen MR) is 112 cm³/mol. The zero-order chi connectivity index (χ0) is 20.6. The standard InChI is InChI=1S/C21H26N2O4S2/c1-17-3-7-19(8-4-17)28(24)22-13-11-21(12-14-22)23(15-16-27-21)29(25,26)20-9-5-18(2)6-10-20/h3-10H,11-16H2,1-2H3. The van der Waals surface area contributed by atoms with E-state index in [-0.39, 0.29) is 0 Å². The first-order valence-corrected chi connectivity index (χ1v) is 12.3. The summed E-state index contributed by atoms with van der Waals surface area (Å²) in [5.74, 6) is 0. The molecule has 0 radical (unpaired) electrons. The molecule has 0 amide bonds. The first kappa shape index (κ1) is 20.7. The molecule has 1 spiro atoms. The Labute approximate surface area is 175 Å². The molecule has 0 saturated carbocycles. The number of benzene rings is 2. The SMILES string of the molecule is Cc1ccc(S(=O)N2CCC3(CC2)OCCN3S(=O)(=O)c2ccc(C)cc2)cc1. The second-order valence-electron chi connectivity index (χ2n) is 7.68. The highest BCUT2D eigenvalue weighted by atomic mass is 32.2. The molecule has 2 aliphatic rings. The Morgan fingerprint density at radius 3 is 2.03 bits per heavy atom. The molecule has 2 saturated heterocycles. The second kappa shape index (κ2) is 7.92. The number of aryl methyl sites for hydroxylation is 2. The summed E-state index contributed by atoms with van der Waals surface area (Å²) >= 11 is 0. The molecule has 2 aliphatic heterocycles. The summed E-state index contributed by atoms with van der Waals surface area (Å²) in [5, 5.41) is 0. The second-order valence-corrected chi connectivity index (χ2v) is 11.0. The van der Waals surface area contributed by atoms with Crippen LogP contribution in [-0.4, -0.2) is 53.2 Å². The van der Waals surface area contributed by atoms with Crippen LogP contribution >= 0.6 is 0 Å². The average molecular weight is 435 g/mol. The van der Waals surface area contributed by atoms with Gasteiger partial charge in [-0.05, 0) is 38.1 Å². The van der Waals surface area contributed by atoms with Gasteiger partial charge in [-0.3, -0.25) is 0 Å². The highest BCUT2D eigenvalue weighted by Gasteiger charge is 2.51. The van der Waals surface area contributed by atoms with E-state index in [1.54, 1.807) is 12.1 Å². The molecule has 2 fully saturated rings. The third-order valence-electron chi connectivity index (χ3n) is 5.69. The van der Waals surface area contributed by atoms with Crippen molar-refractivity contribution in [2.24, 2.45) is 0 Å². The number of nitrogens with zero attached hydrogens (tertiary/aromatic N) is 2. The largest absolute Gasteiger partial charge is 0.358 e. The van der Waals surface area contributed by atoms with Gasteiger partial charge in [0.25, 0.3) is 0 Å². The summed E-state index contributed by atoms with van der Waals surface area (Å²) in [4.78, 5) is 1.06. The summed E-state index contributed by atoms with van der Waals surface area (Å²) in [5.41, 5.74) is 1.29. The summed E-state index contributed by atoms with van der Waals surface area (Å²) in [7, 11) is -4.90. The van der Waals surface area contributed by atoms with Crippen LogP contribution in [0.25, 0.3) is 0 Å². The molecule has 0 aromatic heterocycles. The Kier molecular flexibility index (Phi) is 5.65. The van der Waals surface area contributed by atoms with Gasteiger partial charge >= 0.3 is 0 Å². The van der Waals surface area contributed by atoms with Gasteiger partial charge in [-0.2, -0.15) is 4.31 Å². The highest BCUT2D eigenvalue weighted by molar-refractivity contribution is 7.89. The lowest BCUT2D eigenvalue weighted by Gasteiger charge is -2.42. The van der Waals surface area contributed by atoms with Gasteiger partial charge in [0.1, 0.15) is 16.7 Å². The third-order valence-corrected chi connectivity index (χ3v) is 9.16. The van der Waals surface area contributed by atoms with Gasteiger partial charge in [0.15, 0.2) is 0 Å². The van der Waals surface area contributed by atoms with E-state index in [9.17, 15) is 12.6 Å². The summed E-state index contributed by atoms with van der Waals surface area (Å²) in [6.45, 7) is 5.68. The molecule has 0 aliphatic carbocycles. The molecule has 4 rings (SSSR count). The zero-order valence-electron chi connectivity index (χ0n) is 16.7. The maximum absolute atomic E-state index is 13.3. The number of hydrogen-bond donors (Lipinski definition) is 0. The number of ether oxygens (including phenoxy) is 1. The summed E-state index contributed by atoms with van der Waals surface area (Å²) < 4.78 is 48.8. The van der Waals surface area contributed by atoms with Crippen molar-refractivity contribution in [3.8, 4) is 0 Å². The van der Waals surface area contributed by atoms with Crippen LogP contribution in [0.2, 0.25) is 0 Å². The number of sulfonamides is 1. The molecule has 29 heavy (non-hydrogen) atoms. The minimum Gasteiger partial charge on any atom is -0.358 e. The van der Waals surface area contributed by atoms with E-state index in [0.29, 0.717) is 44.0 Å². The van der Waals surface area contributed by atoms with Gasteiger partial charge < -0.3 is 4.74 Å². The molecule has 1 atom stereocenters. The lowest BCUT2D eigenvalue weighted by Crippen LogP contribution is -2.54. The molecule has 156 valence electrons. The van der Waals surface area contributed by atoms with Gasteiger partial charge in [-0.25, -0.2) is 16.9 Å². The first-order valence-electron chi connectivity index (χ1n) is 9.79.